The van der Waals surface area contributed by atoms with Gasteiger partial charge < -0.3 is 11.1 Å². The monoisotopic (exact) mass is 351 g/mol. The molecule has 4 nitrogen and oxygen atoms in total. The van der Waals surface area contributed by atoms with Crippen LogP contribution < -0.4 is 11.1 Å². The maximum Gasteiger partial charge on any atom is 0.271 e. The van der Waals surface area contributed by atoms with Crippen molar-refractivity contribution < 1.29 is 4.79 Å². The number of rotatable bonds is 5. The Morgan fingerprint density at radius 1 is 1.26 bits per heavy atom. The van der Waals surface area contributed by atoms with Crippen LogP contribution in [0, 0.1) is 0 Å². The average molecular weight is 352 g/mol. The molecule has 1 amide bonds. The molecule has 1 heterocycles. The lowest BCUT2D eigenvalue weighted by molar-refractivity contribution is 0.0893. The summed E-state index contributed by atoms with van der Waals surface area (Å²) in [6.07, 6.45) is 4.99. The largest absolute Gasteiger partial charge is 0.341 e. The fourth-order valence-corrected chi connectivity index (χ4v) is 3.95. The van der Waals surface area contributed by atoms with E-state index in [1.165, 1.54) is 16.9 Å². The third kappa shape index (κ3) is 3.91. The number of nitrogens with two attached hydrogens (primary N) is 1. The normalized spacial score (nSPS) is 15.9. The van der Waals surface area contributed by atoms with Gasteiger partial charge in [-0.3, -0.25) is 4.79 Å². The molecule has 1 aliphatic rings. The summed E-state index contributed by atoms with van der Waals surface area (Å²) in [4.78, 5) is 17.0. The van der Waals surface area contributed by atoms with Crippen molar-refractivity contribution in [3.05, 3.63) is 52.0 Å². The average Bonchev–Trinajstić information content (AvgIpc) is 3.19. The molecular weight excluding hydrogens is 330 g/mol. The van der Waals surface area contributed by atoms with E-state index in [1.54, 1.807) is 0 Å². The molecule has 0 unspecified atom stereocenters. The van der Waals surface area contributed by atoms with Crippen LogP contribution in [0.3, 0.4) is 0 Å². The Hall–Kier alpha value is -1.43. The molecule has 1 aromatic heterocycles. The molecule has 1 aromatic carbocycles. The summed E-state index contributed by atoms with van der Waals surface area (Å²) in [5, 5.41) is 6.01. The minimum absolute atomic E-state index is 0. The molecule has 1 fully saturated rings. The van der Waals surface area contributed by atoms with Crippen LogP contribution in [0.4, 0.5) is 0 Å². The van der Waals surface area contributed by atoms with E-state index in [1.807, 2.05) is 23.6 Å². The van der Waals surface area contributed by atoms with Gasteiger partial charge in [-0.2, -0.15) is 0 Å². The van der Waals surface area contributed by atoms with Crippen molar-refractivity contribution in [2.24, 2.45) is 5.73 Å². The van der Waals surface area contributed by atoms with E-state index in [0.717, 1.165) is 37.1 Å². The zero-order valence-electron chi connectivity index (χ0n) is 13.0. The van der Waals surface area contributed by atoms with E-state index in [0.29, 0.717) is 12.2 Å². The van der Waals surface area contributed by atoms with Crippen molar-refractivity contribution in [2.75, 3.05) is 6.54 Å². The highest BCUT2D eigenvalue weighted by Crippen LogP contribution is 2.38. The SMILES string of the molecule is Cl.NCCc1nc(C(=O)NC2(c3ccccc3)CCCC2)cs1. The van der Waals surface area contributed by atoms with Crippen molar-refractivity contribution in [1.29, 1.82) is 0 Å². The summed E-state index contributed by atoms with van der Waals surface area (Å²) < 4.78 is 0. The van der Waals surface area contributed by atoms with Crippen LogP contribution in [-0.4, -0.2) is 17.4 Å². The minimum atomic E-state index is -0.240. The third-order valence-electron chi connectivity index (χ3n) is 4.28. The molecular formula is C17H22ClN3OS. The first-order valence-corrected chi connectivity index (χ1v) is 8.64. The first kappa shape index (κ1) is 17.9. The highest BCUT2D eigenvalue weighted by atomic mass is 35.5. The first-order chi connectivity index (χ1) is 10.7. The van der Waals surface area contributed by atoms with Crippen LogP contribution in [0.25, 0.3) is 0 Å². The number of halogens is 1. The van der Waals surface area contributed by atoms with Gasteiger partial charge in [-0.1, -0.05) is 43.2 Å². The Morgan fingerprint density at radius 3 is 2.61 bits per heavy atom. The van der Waals surface area contributed by atoms with Crippen LogP contribution in [0.1, 0.15) is 46.7 Å². The number of thiazole rings is 1. The molecule has 0 radical (unpaired) electrons. The van der Waals surface area contributed by atoms with Gasteiger partial charge in [0.05, 0.1) is 10.5 Å². The summed E-state index contributed by atoms with van der Waals surface area (Å²) >= 11 is 1.50. The van der Waals surface area contributed by atoms with Crippen LogP contribution in [0.2, 0.25) is 0 Å². The van der Waals surface area contributed by atoms with Crippen LogP contribution in [0.5, 0.6) is 0 Å². The van der Waals surface area contributed by atoms with E-state index in [-0.39, 0.29) is 23.9 Å². The molecule has 0 bridgehead atoms. The van der Waals surface area contributed by atoms with Crippen molar-refractivity contribution in [2.45, 2.75) is 37.6 Å². The van der Waals surface area contributed by atoms with Crippen molar-refractivity contribution in [1.82, 2.24) is 10.3 Å². The third-order valence-corrected chi connectivity index (χ3v) is 5.19. The van der Waals surface area contributed by atoms with E-state index < -0.39 is 0 Å². The van der Waals surface area contributed by atoms with Gasteiger partial charge in [-0.15, -0.1) is 23.7 Å². The van der Waals surface area contributed by atoms with Gasteiger partial charge in [0.2, 0.25) is 0 Å². The van der Waals surface area contributed by atoms with E-state index in [2.05, 4.69) is 22.4 Å². The molecule has 1 aliphatic carbocycles. The molecule has 6 heteroatoms. The standard InChI is InChI=1S/C17H21N3OS.ClH/c18-11-8-15-19-14(12-22-15)16(21)20-17(9-4-5-10-17)13-6-2-1-3-7-13;/h1-3,6-7,12H,4-5,8-11,18H2,(H,20,21);1H. The lowest BCUT2D eigenvalue weighted by atomic mass is 9.88. The van der Waals surface area contributed by atoms with E-state index >= 15 is 0 Å². The summed E-state index contributed by atoms with van der Waals surface area (Å²) in [6.45, 7) is 0.558. The highest BCUT2D eigenvalue weighted by molar-refractivity contribution is 7.09. The number of amides is 1. The Bertz CT molecular complexity index is 638. The summed E-state index contributed by atoms with van der Waals surface area (Å²) in [6, 6.07) is 10.3. The van der Waals surface area contributed by atoms with Gasteiger partial charge >= 0.3 is 0 Å². The Morgan fingerprint density at radius 2 is 1.96 bits per heavy atom. The zero-order valence-corrected chi connectivity index (χ0v) is 14.6. The van der Waals surface area contributed by atoms with Gasteiger partial charge in [0, 0.05) is 11.8 Å². The summed E-state index contributed by atoms with van der Waals surface area (Å²) in [5.74, 6) is -0.0784. The molecule has 3 rings (SSSR count). The molecule has 0 saturated heterocycles. The second-order valence-electron chi connectivity index (χ2n) is 5.77. The minimum Gasteiger partial charge on any atom is -0.341 e. The number of hydrogen-bond acceptors (Lipinski definition) is 4. The molecule has 2 aromatic rings. The molecule has 0 aliphatic heterocycles. The number of nitrogens with zero attached hydrogens (tertiary/aromatic N) is 1. The molecule has 124 valence electrons. The number of aromatic nitrogens is 1. The topological polar surface area (TPSA) is 68.0 Å². The van der Waals surface area contributed by atoms with Crippen LogP contribution in [-0.2, 0) is 12.0 Å². The second kappa shape index (κ2) is 7.90. The fourth-order valence-electron chi connectivity index (χ4n) is 3.16. The smallest absolute Gasteiger partial charge is 0.271 e. The highest BCUT2D eigenvalue weighted by Gasteiger charge is 2.37. The van der Waals surface area contributed by atoms with Crippen molar-refractivity contribution in [3.63, 3.8) is 0 Å². The van der Waals surface area contributed by atoms with E-state index in [4.69, 9.17) is 5.73 Å². The Labute approximate surface area is 146 Å². The Balaban J connectivity index is 0.00000192. The van der Waals surface area contributed by atoms with E-state index in [9.17, 15) is 4.79 Å². The molecule has 3 N–H and O–H groups in total. The predicted molar refractivity (Wildman–Crippen MR) is 96.2 cm³/mol. The quantitative estimate of drug-likeness (QED) is 0.868. The maximum absolute atomic E-state index is 12.6. The summed E-state index contributed by atoms with van der Waals surface area (Å²) in [7, 11) is 0. The fraction of sp³-hybridized carbons (Fsp3) is 0.412. The number of nitrogens with one attached hydrogen (secondary N) is 1. The predicted octanol–water partition coefficient (Wildman–Crippen LogP) is 3.27. The van der Waals surface area contributed by atoms with Crippen molar-refractivity contribution in [3.8, 4) is 0 Å². The number of benzene rings is 1. The number of carbonyl (C=O) groups excluding carboxylic acids is 1. The van der Waals surface area contributed by atoms with Gasteiger partial charge in [-0.25, -0.2) is 4.98 Å². The van der Waals surface area contributed by atoms with Gasteiger partial charge in [0.15, 0.2) is 0 Å². The lowest BCUT2D eigenvalue weighted by Crippen LogP contribution is -2.43. The number of carbonyl (C=O) groups is 1. The maximum atomic E-state index is 12.6. The molecule has 0 atom stereocenters. The zero-order chi connectivity index (χ0) is 15.4. The second-order valence-corrected chi connectivity index (χ2v) is 6.72. The molecule has 0 spiro atoms. The van der Waals surface area contributed by atoms with Gasteiger partial charge in [-0.05, 0) is 24.9 Å². The van der Waals surface area contributed by atoms with Gasteiger partial charge in [0.25, 0.3) is 5.91 Å². The van der Waals surface area contributed by atoms with Crippen molar-refractivity contribution >= 4 is 29.7 Å². The Kier molecular flexibility index (Phi) is 6.16. The first-order valence-electron chi connectivity index (χ1n) is 7.76. The molecule has 23 heavy (non-hydrogen) atoms. The molecule has 1 saturated carbocycles. The van der Waals surface area contributed by atoms with Crippen LogP contribution in [0.15, 0.2) is 35.7 Å². The number of hydrogen-bond donors (Lipinski definition) is 2. The lowest BCUT2D eigenvalue weighted by Gasteiger charge is -2.30. The van der Waals surface area contributed by atoms with Crippen LogP contribution >= 0.6 is 23.7 Å². The van der Waals surface area contributed by atoms with Gasteiger partial charge in [0.1, 0.15) is 5.69 Å². The summed E-state index contributed by atoms with van der Waals surface area (Å²) in [5.41, 5.74) is 7.00.